The number of carbonyl (C=O) groups is 1. The molecule has 1 aromatic carbocycles. The standard InChI is InChI=1S/C12H14FNO2/c13-9-2-1-3-10(7-9)14-12(16)8-4-5-11(15)6-8/h1-3,7-8,11,15H,4-6H2,(H,14,16)/t8-,11-/m1/s1. The number of amides is 1. The van der Waals surface area contributed by atoms with Crippen LogP contribution in [0.25, 0.3) is 0 Å². The van der Waals surface area contributed by atoms with Gasteiger partial charge in [0, 0.05) is 11.6 Å². The molecular weight excluding hydrogens is 209 g/mol. The minimum Gasteiger partial charge on any atom is -0.393 e. The molecule has 2 atom stereocenters. The molecule has 0 heterocycles. The largest absolute Gasteiger partial charge is 0.393 e. The lowest BCUT2D eigenvalue weighted by atomic mass is 10.1. The Morgan fingerprint density at radius 1 is 1.44 bits per heavy atom. The molecule has 2 rings (SSSR count). The van der Waals surface area contributed by atoms with Crippen molar-refractivity contribution < 1.29 is 14.3 Å². The summed E-state index contributed by atoms with van der Waals surface area (Å²) in [5.41, 5.74) is 0.464. The van der Waals surface area contributed by atoms with Crippen molar-refractivity contribution >= 4 is 11.6 Å². The van der Waals surface area contributed by atoms with Gasteiger partial charge in [-0.15, -0.1) is 0 Å². The van der Waals surface area contributed by atoms with Gasteiger partial charge in [-0.05, 0) is 37.5 Å². The molecule has 1 fully saturated rings. The van der Waals surface area contributed by atoms with E-state index in [1.807, 2.05) is 0 Å². The lowest BCUT2D eigenvalue weighted by Gasteiger charge is -2.10. The van der Waals surface area contributed by atoms with Gasteiger partial charge < -0.3 is 10.4 Å². The second kappa shape index (κ2) is 4.61. The first-order valence-corrected chi connectivity index (χ1v) is 5.39. The Hall–Kier alpha value is -1.42. The lowest BCUT2D eigenvalue weighted by Crippen LogP contribution is -2.21. The van der Waals surface area contributed by atoms with Crippen LogP contribution in [-0.4, -0.2) is 17.1 Å². The van der Waals surface area contributed by atoms with Crippen LogP contribution in [0, 0.1) is 11.7 Å². The summed E-state index contributed by atoms with van der Waals surface area (Å²) in [7, 11) is 0. The van der Waals surface area contributed by atoms with Crippen LogP contribution in [-0.2, 0) is 4.79 Å². The molecule has 1 amide bonds. The Morgan fingerprint density at radius 3 is 2.88 bits per heavy atom. The van der Waals surface area contributed by atoms with Crippen LogP contribution >= 0.6 is 0 Å². The van der Waals surface area contributed by atoms with Gasteiger partial charge in [0.05, 0.1) is 6.10 Å². The summed E-state index contributed by atoms with van der Waals surface area (Å²) in [6, 6.07) is 5.80. The molecule has 4 heteroatoms. The Kier molecular flexibility index (Phi) is 3.19. The summed E-state index contributed by atoms with van der Waals surface area (Å²) in [6.45, 7) is 0. The number of carbonyl (C=O) groups excluding carboxylic acids is 1. The van der Waals surface area contributed by atoms with Crippen LogP contribution in [0.1, 0.15) is 19.3 Å². The monoisotopic (exact) mass is 223 g/mol. The molecule has 1 saturated carbocycles. The van der Waals surface area contributed by atoms with E-state index < -0.39 is 0 Å². The third-order valence-electron chi connectivity index (χ3n) is 2.87. The highest BCUT2D eigenvalue weighted by atomic mass is 19.1. The second-order valence-corrected chi connectivity index (χ2v) is 4.16. The summed E-state index contributed by atoms with van der Waals surface area (Å²) in [5, 5.41) is 12.0. The quantitative estimate of drug-likeness (QED) is 0.804. The summed E-state index contributed by atoms with van der Waals surface area (Å²) >= 11 is 0. The van der Waals surface area contributed by atoms with Crippen molar-refractivity contribution in [2.45, 2.75) is 25.4 Å². The van der Waals surface area contributed by atoms with Crippen molar-refractivity contribution in [3.05, 3.63) is 30.1 Å². The van der Waals surface area contributed by atoms with Gasteiger partial charge in [-0.1, -0.05) is 6.07 Å². The SMILES string of the molecule is O=C(Nc1cccc(F)c1)[C@@H]1CC[C@@H](O)C1. The first-order valence-electron chi connectivity index (χ1n) is 5.39. The van der Waals surface area contributed by atoms with E-state index in [1.165, 1.54) is 12.1 Å². The Morgan fingerprint density at radius 2 is 2.25 bits per heavy atom. The molecule has 1 aromatic rings. The molecular formula is C12H14FNO2. The molecule has 16 heavy (non-hydrogen) atoms. The Bertz CT molecular complexity index is 394. The summed E-state index contributed by atoms with van der Waals surface area (Å²) in [4.78, 5) is 11.7. The molecule has 86 valence electrons. The van der Waals surface area contributed by atoms with Gasteiger partial charge >= 0.3 is 0 Å². The fourth-order valence-corrected chi connectivity index (χ4v) is 2.01. The number of aliphatic hydroxyl groups is 1. The van der Waals surface area contributed by atoms with Crippen molar-refractivity contribution in [1.82, 2.24) is 0 Å². The molecule has 1 aliphatic carbocycles. The molecule has 0 unspecified atom stereocenters. The number of halogens is 1. The van der Waals surface area contributed by atoms with Crippen molar-refractivity contribution in [1.29, 1.82) is 0 Å². The van der Waals surface area contributed by atoms with E-state index in [1.54, 1.807) is 12.1 Å². The predicted octanol–water partition coefficient (Wildman–Crippen LogP) is 1.93. The van der Waals surface area contributed by atoms with Crippen LogP contribution in [0.3, 0.4) is 0 Å². The van der Waals surface area contributed by atoms with Crippen molar-refractivity contribution in [3.8, 4) is 0 Å². The van der Waals surface area contributed by atoms with E-state index >= 15 is 0 Å². The maximum atomic E-state index is 12.9. The zero-order chi connectivity index (χ0) is 11.5. The zero-order valence-electron chi connectivity index (χ0n) is 8.82. The van der Waals surface area contributed by atoms with Crippen molar-refractivity contribution in [2.75, 3.05) is 5.32 Å². The zero-order valence-corrected chi connectivity index (χ0v) is 8.82. The fourth-order valence-electron chi connectivity index (χ4n) is 2.01. The van der Waals surface area contributed by atoms with E-state index in [-0.39, 0.29) is 23.7 Å². The first-order chi connectivity index (χ1) is 7.65. The van der Waals surface area contributed by atoms with Gasteiger partial charge in [0.2, 0.25) is 5.91 Å². The number of aliphatic hydroxyl groups excluding tert-OH is 1. The number of hydrogen-bond donors (Lipinski definition) is 2. The summed E-state index contributed by atoms with van der Waals surface area (Å²) < 4.78 is 12.9. The molecule has 0 aromatic heterocycles. The van der Waals surface area contributed by atoms with Crippen LogP contribution in [0.4, 0.5) is 10.1 Å². The average molecular weight is 223 g/mol. The third-order valence-corrected chi connectivity index (χ3v) is 2.87. The molecule has 0 aliphatic heterocycles. The number of anilines is 1. The van der Waals surface area contributed by atoms with Gasteiger partial charge in [-0.3, -0.25) is 4.79 Å². The third kappa shape index (κ3) is 2.58. The Labute approximate surface area is 93.3 Å². The Balaban J connectivity index is 1.97. The van der Waals surface area contributed by atoms with Crippen molar-refractivity contribution in [3.63, 3.8) is 0 Å². The van der Waals surface area contributed by atoms with E-state index in [4.69, 9.17) is 0 Å². The lowest BCUT2D eigenvalue weighted by molar-refractivity contribution is -0.119. The topological polar surface area (TPSA) is 49.3 Å². The maximum absolute atomic E-state index is 12.9. The molecule has 0 bridgehead atoms. The smallest absolute Gasteiger partial charge is 0.227 e. The van der Waals surface area contributed by atoms with Gasteiger partial charge in [0.25, 0.3) is 0 Å². The highest BCUT2D eigenvalue weighted by molar-refractivity contribution is 5.92. The fraction of sp³-hybridized carbons (Fsp3) is 0.417. The average Bonchev–Trinajstić information content (AvgIpc) is 2.65. The normalized spacial score (nSPS) is 24.4. The second-order valence-electron chi connectivity index (χ2n) is 4.16. The number of benzene rings is 1. The van der Waals surface area contributed by atoms with Crippen LogP contribution in [0.2, 0.25) is 0 Å². The molecule has 0 radical (unpaired) electrons. The van der Waals surface area contributed by atoms with E-state index in [9.17, 15) is 14.3 Å². The van der Waals surface area contributed by atoms with E-state index in [0.717, 1.165) is 0 Å². The van der Waals surface area contributed by atoms with E-state index in [0.29, 0.717) is 24.9 Å². The minimum atomic E-state index is -0.372. The molecule has 1 aliphatic rings. The highest BCUT2D eigenvalue weighted by Crippen LogP contribution is 2.26. The number of hydrogen-bond acceptors (Lipinski definition) is 2. The first kappa shape index (κ1) is 11.1. The number of nitrogens with one attached hydrogen (secondary N) is 1. The molecule has 2 N–H and O–H groups in total. The summed E-state index contributed by atoms with van der Waals surface area (Å²) in [6.07, 6.45) is 1.49. The molecule has 3 nitrogen and oxygen atoms in total. The molecule has 0 saturated heterocycles. The highest BCUT2D eigenvalue weighted by Gasteiger charge is 2.28. The van der Waals surface area contributed by atoms with Crippen LogP contribution in [0.15, 0.2) is 24.3 Å². The number of rotatable bonds is 2. The predicted molar refractivity (Wildman–Crippen MR) is 58.4 cm³/mol. The molecule has 0 spiro atoms. The van der Waals surface area contributed by atoms with Gasteiger partial charge in [-0.25, -0.2) is 4.39 Å². The van der Waals surface area contributed by atoms with E-state index in [2.05, 4.69) is 5.32 Å². The van der Waals surface area contributed by atoms with Crippen molar-refractivity contribution in [2.24, 2.45) is 5.92 Å². The van der Waals surface area contributed by atoms with Crippen LogP contribution in [0.5, 0.6) is 0 Å². The summed E-state index contributed by atoms with van der Waals surface area (Å²) in [5.74, 6) is -0.662. The van der Waals surface area contributed by atoms with Gasteiger partial charge in [-0.2, -0.15) is 0 Å². The van der Waals surface area contributed by atoms with Gasteiger partial charge in [0.1, 0.15) is 5.82 Å². The van der Waals surface area contributed by atoms with Gasteiger partial charge in [0.15, 0.2) is 0 Å². The maximum Gasteiger partial charge on any atom is 0.227 e. The van der Waals surface area contributed by atoms with Crippen LogP contribution < -0.4 is 5.32 Å². The minimum absolute atomic E-state index is 0.137.